The first-order valence-corrected chi connectivity index (χ1v) is 8.93. The van der Waals surface area contributed by atoms with Gasteiger partial charge in [-0.15, -0.1) is 0 Å². The van der Waals surface area contributed by atoms with Gasteiger partial charge in [0.2, 0.25) is 10.0 Å². The van der Waals surface area contributed by atoms with E-state index in [4.69, 9.17) is 5.14 Å². The lowest BCUT2D eigenvalue weighted by Crippen LogP contribution is -2.42. The summed E-state index contributed by atoms with van der Waals surface area (Å²) in [6.45, 7) is 1.48. The summed E-state index contributed by atoms with van der Waals surface area (Å²) in [5.74, 6) is 0. The van der Waals surface area contributed by atoms with Crippen molar-refractivity contribution in [3.05, 3.63) is 28.3 Å². The van der Waals surface area contributed by atoms with Gasteiger partial charge in [-0.3, -0.25) is 10.1 Å². The molecule has 0 aliphatic heterocycles. The second-order valence-corrected chi connectivity index (χ2v) is 8.04. The van der Waals surface area contributed by atoms with E-state index in [1.165, 1.54) is 6.07 Å². The first kappa shape index (κ1) is 18.6. The maximum Gasteiger partial charge on any atom is 0.293 e. The maximum atomic E-state index is 14.7. The number of rotatable bonds is 5. The molecular weight excluding hydrogens is 341 g/mol. The van der Waals surface area contributed by atoms with Crippen LogP contribution in [0.3, 0.4) is 0 Å². The van der Waals surface area contributed by atoms with Crippen molar-refractivity contribution in [2.24, 2.45) is 5.14 Å². The van der Waals surface area contributed by atoms with Crippen LogP contribution in [0.4, 0.5) is 15.8 Å². The molecule has 0 heterocycles. The number of nitrogens with zero attached hydrogens (tertiary/aromatic N) is 1. The Morgan fingerprint density at radius 3 is 2.46 bits per heavy atom. The molecule has 0 unspecified atom stereocenters. The van der Waals surface area contributed by atoms with E-state index in [-0.39, 0.29) is 30.0 Å². The molecule has 0 saturated heterocycles. The standard InChI is InChI=1S/C14H20FN3O5S/c1-13(19)4-6-14(15,7-5-13)9-17-11-3-2-10(24(16,22)23)8-12(11)18(20)21/h2-3,8,17,19H,4-7,9H2,1H3,(H2,16,22,23). The molecule has 0 radical (unpaired) electrons. The molecule has 1 aliphatic rings. The molecule has 0 aromatic heterocycles. The Hall–Kier alpha value is -1.78. The number of benzene rings is 1. The molecule has 134 valence electrons. The quantitative estimate of drug-likeness (QED) is 0.539. The molecule has 1 aromatic carbocycles. The zero-order chi connectivity index (χ0) is 18.2. The Morgan fingerprint density at radius 2 is 1.96 bits per heavy atom. The van der Waals surface area contributed by atoms with Gasteiger partial charge in [0.15, 0.2) is 0 Å². The summed E-state index contributed by atoms with van der Waals surface area (Å²) < 4.78 is 37.3. The van der Waals surface area contributed by atoms with Crippen molar-refractivity contribution in [2.75, 3.05) is 11.9 Å². The second-order valence-electron chi connectivity index (χ2n) is 6.48. The molecule has 0 amide bonds. The minimum Gasteiger partial charge on any atom is -0.390 e. The van der Waals surface area contributed by atoms with Crippen LogP contribution in [-0.4, -0.2) is 36.3 Å². The van der Waals surface area contributed by atoms with Gasteiger partial charge >= 0.3 is 0 Å². The number of sulfonamides is 1. The van der Waals surface area contributed by atoms with Crippen LogP contribution in [0.25, 0.3) is 0 Å². The zero-order valence-corrected chi connectivity index (χ0v) is 14.0. The number of anilines is 1. The summed E-state index contributed by atoms with van der Waals surface area (Å²) in [5, 5.41) is 28.6. The van der Waals surface area contributed by atoms with E-state index >= 15 is 0 Å². The van der Waals surface area contributed by atoms with Gasteiger partial charge in [-0.2, -0.15) is 0 Å². The minimum atomic E-state index is -4.07. The van der Waals surface area contributed by atoms with E-state index in [1.54, 1.807) is 6.92 Å². The maximum absolute atomic E-state index is 14.7. The smallest absolute Gasteiger partial charge is 0.293 e. The van der Waals surface area contributed by atoms with Crippen molar-refractivity contribution in [1.82, 2.24) is 0 Å². The molecule has 4 N–H and O–H groups in total. The van der Waals surface area contributed by atoms with E-state index in [0.29, 0.717) is 12.8 Å². The first-order valence-electron chi connectivity index (χ1n) is 7.38. The number of hydrogen-bond donors (Lipinski definition) is 3. The number of alkyl halides is 1. The van der Waals surface area contributed by atoms with Gasteiger partial charge in [-0.05, 0) is 44.7 Å². The van der Waals surface area contributed by atoms with Crippen LogP contribution < -0.4 is 10.5 Å². The number of hydrogen-bond acceptors (Lipinski definition) is 6. The van der Waals surface area contributed by atoms with E-state index in [9.17, 15) is 28.0 Å². The fourth-order valence-corrected chi connectivity index (χ4v) is 3.19. The van der Waals surface area contributed by atoms with Crippen LogP contribution in [0.15, 0.2) is 23.1 Å². The van der Waals surface area contributed by atoms with Gasteiger partial charge in [-0.25, -0.2) is 17.9 Å². The average molecular weight is 361 g/mol. The van der Waals surface area contributed by atoms with Crippen molar-refractivity contribution >= 4 is 21.4 Å². The Kier molecular flexibility index (Phi) is 4.84. The lowest BCUT2D eigenvalue weighted by atomic mass is 9.78. The van der Waals surface area contributed by atoms with E-state index in [2.05, 4.69) is 5.32 Å². The Morgan fingerprint density at radius 1 is 1.38 bits per heavy atom. The zero-order valence-electron chi connectivity index (χ0n) is 13.2. The van der Waals surface area contributed by atoms with E-state index in [0.717, 1.165) is 12.1 Å². The highest BCUT2D eigenvalue weighted by atomic mass is 32.2. The van der Waals surface area contributed by atoms with E-state index in [1.807, 2.05) is 0 Å². The number of halogens is 1. The summed E-state index contributed by atoms with van der Waals surface area (Å²) in [5.41, 5.74) is -2.96. The highest BCUT2D eigenvalue weighted by Gasteiger charge is 2.39. The third-order valence-electron chi connectivity index (χ3n) is 4.31. The molecule has 2 rings (SSSR count). The third kappa shape index (κ3) is 4.40. The number of nitro groups is 1. The van der Waals surface area contributed by atoms with Gasteiger partial charge in [-0.1, -0.05) is 0 Å². The van der Waals surface area contributed by atoms with Crippen LogP contribution in [0.1, 0.15) is 32.6 Å². The SMILES string of the molecule is CC1(O)CCC(F)(CNc2ccc(S(N)(=O)=O)cc2[N+](=O)[O-])CC1. The Bertz CT molecular complexity index is 741. The Balaban J connectivity index is 2.17. The highest BCUT2D eigenvalue weighted by molar-refractivity contribution is 7.89. The summed E-state index contributed by atoms with van der Waals surface area (Å²) in [7, 11) is -4.07. The summed E-state index contributed by atoms with van der Waals surface area (Å²) in [6.07, 6.45) is 0.876. The van der Waals surface area contributed by atoms with Gasteiger partial charge in [0, 0.05) is 12.6 Å². The molecule has 0 bridgehead atoms. The largest absolute Gasteiger partial charge is 0.390 e. The van der Waals surface area contributed by atoms with E-state index < -0.39 is 31.9 Å². The number of primary sulfonamides is 1. The van der Waals surface area contributed by atoms with Crippen LogP contribution >= 0.6 is 0 Å². The summed E-state index contributed by atoms with van der Waals surface area (Å²) in [6, 6.07) is 3.16. The second kappa shape index (κ2) is 6.26. The van der Waals surface area contributed by atoms with Gasteiger partial charge in [0.05, 0.1) is 15.4 Å². The summed E-state index contributed by atoms with van der Waals surface area (Å²) in [4.78, 5) is 9.98. The Labute approximate surface area is 139 Å². The summed E-state index contributed by atoms with van der Waals surface area (Å²) >= 11 is 0. The minimum absolute atomic E-state index is 0.0155. The monoisotopic (exact) mass is 361 g/mol. The predicted octanol–water partition coefficient (Wildman–Crippen LogP) is 1.69. The van der Waals surface area contributed by atoms with Crippen LogP contribution in [0, 0.1) is 10.1 Å². The van der Waals surface area contributed by atoms with Crippen molar-refractivity contribution in [3.63, 3.8) is 0 Å². The van der Waals surface area contributed by atoms with Gasteiger partial charge in [0.1, 0.15) is 11.4 Å². The molecule has 0 spiro atoms. The fraction of sp³-hybridized carbons (Fsp3) is 0.571. The van der Waals surface area contributed by atoms with Crippen LogP contribution in [0.2, 0.25) is 0 Å². The van der Waals surface area contributed by atoms with Crippen molar-refractivity contribution < 1.29 is 22.8 Å². The number of nitro benzene ring substituents is 1. The number of nitrogens with one attached hydrogen (secondary N) is 1. The normalized spacial score (nSPS) is 27.7. The van der Waals surface area contributed by atoms with Crippen molar-refractivity contribution in [1.29, 1.82) is 0 Å². The lowest BCUT2D eigenvalue weighted by Gasteiger charge is -2.37. The molecule has 10 heteroatoms. The predicted molar refractivity (Wildman–Crippen MR) is 85.9 cm³/mol. The number of aliphatic hydroxyl groups is 1. The lowest BCUT2D eigenvalue weighted by molar-refractivity contribution is -0.384. The average Bonchev–Trinajstić information content (AvgIpc) is 2.48. The molecule has 1 aromatic rings. The van der Waals surface area contributed by atoms with Crippen LogP contribution in [-0.2, 0) is 10.0 Å². The molecule has 8 nitrogen and oxygen atoms in total. The fourth-order valence-electron chi connectivity index (χ4n) is 2.66. The molecule has 24 heavy (non-hydrogen) atoms. The highest BCUT2D eigenvalue weighted by Crippen LogP contribution is 2.38. The topological polar surface area (TPSA) is 136 Å². The molecule has 1 saturated carbocycles. The first-order chi connectivity index (χ1) is 10.9. The molecule has 0 atom stereocenters. The van der Waals surface area contributed by atoms with Crippen LogP contribution in [0.5, 0.6) is 0 Å². The molecular formula is C14H20FN3O5S. The van der Waals surface area contributed by atoms with Crippen molar-refractivity contribution in [3.8, 4) is 0 Å². The van der Waals surface area contributed by atoms with Gasteiger partial charge in [0.25, 0.3) is 5.69 Å². The van der Waals surface area contributed by atoms with Gasteiger partial charge < -0.3 is 10.4 Å². The van der Waals surface area contributed by atoms with Crippen molar-refractivity contribution in [2.45, 2.75) is 48.8 Å². The number of nitrogens with two attached hydrogens (primary N) is 1. The molecule has 1 aliphatic carbocycles. The third-order valence-corrected chi connectivity index (χ3v) is 5.22. The molecule has 1 fully saturated rings.